The highest BCUT2D eigenvalue weighted by molar-refractivity contribution is 6.54. The molecule has 0 bridgehead atoms. The molecule has 1 aliphatic carbocycles. The van der Waals surface area contributed by atoms with E-state index in [2.05, 4.69) is 5.16 Å². The predicted octanol–water partition coefficient (Wildman–Crippen LogP) is 2.73. The van der Waals surface area contributed by atoms with Crippen molar-refractivity contribution in [3.8, 4) is 11.1 Å². The van der Waals surface area contributed by atoms with E-state index < -0.39 is 0 Å². The van der Waals surface area contributed by atoms with Crippen LogP contribution in [0.1, 0.15) is 15.9 Å². The second-order valence-electron chi connectivity index (χ2n) is 3.87. The highest BCUT2D eigenvalue weighted by Gasteiger charge is 2.28. The van der Waals surface area contributed by atoms with Crippen molar-refractivity contribution in [3.05, 3.63) is 59.7 Å². The zero-order valence-corrected chi connectivity index (χ0v) is 8.92. The number of benzene rings is 2. The Labute approximate surface area is 98.0 Å². The van der Waals surface area contributed by atoms with E-state index in [1.54, 1.807) is 18.2 Å². The van der Waals surface area contributed by atoms with Gasteiger partial charge in [-0.2, -0.15) is 0 Å². The summed E-state index contributed by atoms with van der Waals surface area (Å²) in [5.41, 5.74) is 3.19. The summed E-state index contributed by atoms with van der Waals surface area (Å²) in [5, 5.41) is 12.1. The monoisotopic (exact) mass is 223 g/mol. The lowest BCUT2D eigenvalue weighted by Gasteiger charge is -2.18. The minimum atomic E-state index is -0.234. The minimum absolute atomic E-state index is 0.110. The smallest absolute Gasteiger partial charge is 0.216 e. The number of Topliss-reactive ketones (excluding diaryl/α,β-unsaturated/α-hetero) is 1. The van der Waals surface area contributed by atoms with Crippen molar-refractivity contribution in [1.82, 2.24) is 0 Å². The zero-order valence-electron chi connectivity index (χ0n) is 8.92. The van der Waals surface area contributed by atoms with E-state index in [-0.39, 0.29) is 11.5 Å². The van der Waals surface area contributed by atoms with E-state index in [9.17, 15) is 4.79 Å². The second kappa shape index (κ2) is 3.56. The Kier molecular flexibility index (Phi) is 2.05. The third kappa shape index (κ3) is 1.29. The molecule has 0 heterocycles. The lowest BCUT2D eigenvalue weighted by atomic mass is 9.83. The number of oxime groups is 1. The molecule has 2 aromatic rings. The van der Waals surface area contributed by atoms with Crippen LogP contribution in [0.3, 0.4) is 0 Å². The topological polar surface area (TPSA) is 49.7 Å². The Morgan fingerprint density at radius 2 is 1.24 bits per heavy atom. The third-order valence-electron chi connectivity index (χ3n) is 2.96. The van der Waals surface area contributed by atoms with Gasteiger partial charge in [0, 0.05) is 11.1 Å². The van der Waals surface area contributed by atoms with Gasteiger partial charge in [-0.1, -0.05) is 53.7 Å². The van der Waals surface area contributed by atoms with E-state index >= 15 is 0 Å². The van der Waals surface area contributed by atoms with Crippen molar-refractivity contribution >= 4 is 11.5 Å². The summed E-state index contributed by atoms with van der Waals surface area (Å²) in [6.07, 6.45) is 0. The fraction of sp³-hybridized carbons (Fsp3) is 0. The van der Waals surface area contributed by atoms with Crippen LogP contribution in [-0.4, -0.2) is 16.7 Å². The molecule has 17 heavy (non-hydrogen) atoms. The fourth-order valence-corrected chi connectivity index (χ4v) is 2.19. The molecule has 0 unspecified atom stereocenters. The molecule has 3 rings (SSSR count). The molecular formula is C14H9NO2. The van der Waals surface area contributed by atoms with E-state index in [4.69, 9.17) is 5.21 Å². The first-order valence-electron chi connectivity index (χ1n) is 5.28. The Hall–Kier alpha value is -2.42. The summed E-state index contributed by atoms with van der Waals surface area (Å²) < 4.78 is 0. The number of ketones is 1. The summed E-state index contributed by atoms with van der Waals surface area (Å²) in [7, 11) is 0. The van der Waals surface area contributed by atoms with Gasteiger partial charge in [-0.25, -0.2) is 0 Å². The average Bonchev–Trinajstić information content (AvgIpc) is 2.40. The molecule has 1 aliphatic rings. The highest BCUT2D eigenvalue weighted by atomic mass is 16.4. The van der Waals surface area contributed by atoms with E-state index in [0.717, 1.165) is 11.1 Å². The summed E-state index contributed by atoms with van der Waals surface area (Å²) in [5.74, 6) is -0.234. The number of carbonyl (C=O) groups is 1. The van der Waals surface area contributed by atoms with Crippen LogP contribution in [0.25, 0.3) is 11.1 Å². The number of hydrogen-bond acceptors (Lipinski definition) is 3. The van der Waals surface area contributed by atoms with Crippen LogP contribution in [0.15, 0.2) is 53.7 Å². The SMILES string of the molecule is O=C1C(=NO)c2ccccc2-c2ccccc21. The van der Waals surface area contributed by atoms with Gasteiger partial charge in [0.25, 0.3) is 0 Å². The van der Waals surface area contributed by atoms with Crippen LogP contribution >= 0.6 is 0 Å². The van der Waals surface area contributed by atoms with Gasteiger partial charge < -0.3 is 5.21 Å². The van der Waals surface area contributed by atoms with E-state index in [0.29, 0.717) is 11.1 Å². The molecule has 0 atom stereocenters. The van der Waals surface area contributed by atoms with Crippen LogP contribution in [0.2, 0.25) is 0 Å². The van der Waals surface area contributed by atoms with Gasteiger partial charge in [0.1, 0.15) is 0 Å². The predicted molar refractivity (Wildman–Crippen MR) is 64.5 cm³/mol. The van der Waals surface area contributed by atoms with Crippen molar-refractivity contribution in [3.63, 3.8) is 0 Å². The van der Waals surface area contributed by atoms with Crippen molar-refractivity contribution < 1.29 is 10.0 Å². The normalized spacial score (nSPS) is 15.5. The number of nitrogens with zero attached hydrogens (tertiary/aromatic N) is 1. The fourth-order valence-electron chi connectivity index (χ4n) is 2.19. The van der Waals surface area contributed by atoms with Gasteiger partial charge >= 0.3 is 0 Å². The Balaban J connectivity index is 2.41. The molecular weight excluding hydrogens is 214 g/mol. The van der Waals surface area contributed by atoms with Crippen molar-refractivity contribution in [2.45, 2.75) is 0 Å². The maximum Gasteiger partial charge on any atom is 0.216 e. The molecule has 3 heteroatoms. The minimum Gasteiger partial charge on any atom is -0.410 e. The molecule has 0 spiro atoms. The molecule has 0 aliphatic heterocycles. The molecule has 0 amide bonds. The lowest BCUT2D eigenvalue weighted by Crippen LogP contribution is -2.22. The van der Waals surface area contributed by atoms with Crippen LogP contribution in [0, 0.1) is 0 Å². The number of fused-ring (bicyclic) bond motifs is 3. The van der Waals surface area contributed by atoms with Crippen LogP contribution in [0.4, 0.5) is 0 Å². The van der Waals surface area contributed by atoms with E-state index in [1.165, 1.54) is 0 Å². The first kappa shape index (κ1) is 9.78. The third-order valence-corrected chi connectivity index (χ3v) is 2.96. The lowest BCUT2D eigenvalue weighted by molar-refractivity contribution is 0.106. The number of rotatable bonds is 0. The first-order chi connectivity index (χ1) is 8.33. The van der Waals surface area contributed by atoms with Crippen LogP contribution in [-0.2, 0) is 0 Å². The second-order valence-corrected chi connectivity index (χ2v) is 3.87. The molecule has 0 saturated carbocycles. The molecule has 0 aromatic heterocycles. The Morgan fingerprint density at radius 1 is 0.765 bits per heavy atom. The largest absolute Gasteiger partial charge is 0.410 e. The maximum absolute atomic E-state index is 12.1. The molecule has 0 saturated heterocycles. The quantitative estimate of drug-likeness (QED) is 0.551. The number of carbonyl (C=O) groups excluding carboxylic acids is 1. The van der Waals surface area contributed by atoms with Crippen molar-refractivity contribution in [2.24, 2.45) is 5.16 Å². The molecule has 2 aromatic carbocycles. The number of hydrogen-bond donors (Lipinski definition) is 1. The molecule has 0 radical (unpaired) electrons. The Morgan fingerprint density at radius 3 is 1.82 bits per heavy atom. The summed E-state index contributed by atoms with van der Waals surface area (Å²) in [6.45, 7) is 0. The van der Waals surface area contributed by atoms with Crippen LogP contribution in [0.5, 0.6) is 0 Å². The molecule has 3 nitrogen and oxygen atoms in total. The summed E-state index contributed by atoms with van der Waals surface area (Å²) in [4.78, 5) is 12.1. The van der Waals surface area contributed by atoms with Gasteiger partial charge in [-0.3, -0.25) is 4.79 Å². The highest BCUT2D eigenvalue weighted by Crippen LogP contribution is 2.33. The Bertz CT molecular complexity index is 644. The first-order valence-corrected chi connectivity index (χ1v) is 5.28. The van der Waals surface area contributed by atoms with Crippen LogP contribution < -0.4 is 0 Å². The van der Waals surface area contributed by atoms with Gasteiger partial charge in [0.2, 0.25) is 5.78 Å². The summed E-state index contributed by atoms with van der Waals surface area (Å²) in [6, 6.07) is 14.8. The maximum atomic E-state index is 12.1. The molecule has 0 fully saturated rings. The van der Waals surface area contributed by atoms with Gasteiger partial charge in [0.15, 0.2) is 5.71 Å². The summed E-state index contributed by atoms with van der Waals surface area (Å²) >= 11 is 0. The van der Waals surface area contributed by atoms with Crippen molar-refractivity contribution in [2.75, 3.05) is 0 Å². The molecule has 1 N–H and O–H groups in total. The standard InChI is InChI=1S/C14H9NO2/c16-14-12-8-4-2-6-10(12)9-5-1-3-7-11(9)13(14)15-17/h1-8,17H. The van der Waals surface area contributed by atoms with Gasteiger partial charge in [-0.05, 0) is 11.1 Å². The average molecular weight is 223 g/mol. The van der Waals surface area contributed by atoms with Gasteiger partial charge in [-0.15, -0.1) is 0 Å². The molecule has 82 valence electrons. The van der Waals surface area contributed by atoms with Gasteiger partial charge in [0.05, 0.1) is 0 Å². The van der Waals surface area contributed by atoms with E-state index in [1.807, 2.05) is 30.3 Å². The van der Waals surface area contributed by atoms with Crippen molar-refractivity contribution in [1.29, 1.82) is 0 Å². The zero-order chi connectivity index (χ0) is 11.8.